The molecule has 3 aromatic rings. The summed E-state index contributed by atoms with van der Waals surface area (Å²) in [7, 11) is 0. The van der Waals surface area contributed by atoms with Crippen molar-refractivity contribution in [3.05, 3.63) is 47.5 Å². The van der Waals surface area contributed by atoms with Crippen molar-refractivity contribution in [2.45, 2.75) is 78.1 Å². The number of hydrogen-bond acceptors (Lipinski definition) is 6. The Morgan fingerprint density at radius 1 is 0.619 bits per heavy atom. The number of hydrogen-bond donors (Lipinski definition) is 2. The standard InChI is InChI=1S/C34H38O8/c1-3-19-11-9-17-25-27(19)29(41-33(39)23-15-7-5-13-21(23)31(35)36)26-18-10-12-20(4-2)28(26)30(25)42-34(40)24-16-8-6-14-22(24)32(37)38/h9-12,17-18,21-24H,3-8,13-16H2,1-2H3,(H,35,36)(H,37,38). The summed E-state index contributed by atoms with van der Waals surface area (Å²) in [5.41, 5.74) is 1.77. The van der Waals surface area contributed by atoms with E-state index in [2.05, 4.69) is 0 Å². The van der Waals surface area contributed by atoms with Gasteiger partial charge in [-0.2, -0.15) is 0 Å². The summed E-state index contributed by atoms with van der Waals surface area (Å²) in [6.45, 7) is 3.97. The maximum absolute atomic E-state index is 13.7. The molecule has 222 valence electrons. The van der Waals surface area contributed by atoms with Crippen LogP contribution in [0.1, 0.15) is 76.3 Å². The van der Waals surface area contributed by atoms with E-state index in [4.69, 9.17) is 9.47 Å². The van der Waals surface area contributed by atoms with Crippen molar-refractivity contribution in [1.29, 1.82) is 0 Å². The Bertz CT molecular complexity index is 1420. The minimum absolute atomic E-state index is 0.341. The van der Waals surface area contributed by atoms with Gasteiger partial charge in [-0.3, -0.25) is 19.2 Å². The molecule has 0 amide bonds. The van der Waals surface area contributed by atoms with Crippen molar-refractivity contribution in [3.63, 3.8) is 0 Å². The van der Waals surface area contributed by atoms with Gasteiger partial charge < -0.3 is 19.7 Å². The van der Waals surface area contributed by atoms with Gasteiger partial charge in [0.25, 0.3) is 0 Å². The number of esters is 2. The van der Waals surface area contributed by atoms with Crippen molar-refractivity contribution in [1.82, 2.24) is 0 Å². The molecule has 5 rings (SSSR count). The number of rotatable bonds is 8. The molecule has 0 heterocycles. The molecule has 2 saturated carbocycles. The second-order valence-corrected chi connectivity index (χ2v) is 11.6. The number of carboxylic acid groups (broad SMARTS) is 2. The van der Waals surface area contributed by atoms with Crippen LogP contribution >= 0.6 is 0 Å². The lowest BCUT2D eigenvalue weighted by atomic mass is 9.79. The summed E-state index contributed by atoms with van der Waals surface area (Å²) in [4.78, 5) is 51.3. The Balaban J connectivity index is 1.69. The number of carbonyl (C=O) groups is 4. The van der Waals surface area contributed by atoms with Crippen LogP contribution in [-0.2, 0) is 32.0 Å². The first-order chi connectivity index (χ1) is 20.3. The summed E-state index contributed by atoms with van der Waals surface area (Å²) < 4.78 is 12.4. The van der Waals surface area contributed by atoms with Gasteiger partial charge in [-0.15, -0.1) is 0 Å². The molecule has 4 unspecified atom stereocenters. The smallest absolute Gasteiger partial charge is 0.315 e. The second-order valence-electron chi connectivity index (χ2n) is 11.6. The summed E-state index contributed by atoms with van der Waals surface area (Å²) in [5.74, 6) is -5.50. The van der Waals surface area contributed by atoms with Crippen molar-refractivity contribution in [3.8, 4) is 11.5 Å². The molecule has 2 aliphatic carbocycles. The van der Waals surface area contributed by atoms with Crippen molar-refractivity contribution < 1.29 is 38.9 Å². The molecule has 0 bridgehead atoms. The van der Waals surface area contributed by atoms with Gasteiger partial charge in [-0.25, -0.2) is 0 Å². The maximum Gasteiger partial charge on any atom is 0.315 e. The van der Waals surface area contributed by atoms with E-state index in [0.717, 1.165) is 36.8 Å². The molecule has 2 fully saturated rings. The van der Waals surface area contributed by atoms with Gasteiger partial charge in [0.05, 0.1) is 23.7 Å². The number of ether oxygens (including phenoxy) is 2. The average molecular weight is 575 g/mol. The van der Waals surface area contributed by atoms with Gasteiger partial charge in [-0.1, -0.05) is 75.9 Å². The van der Waals surface area contributed by atoms with Gasteiger partial charge in [0.1, 0.15) is 11.5 Å². The number of aryl methyl sites for hydroxylation is 2. The van der Waals surface area contributed by atoms with Crippen LogP contribution in [0.2, 0.25) is 0 Å². The lowest BCUT2D eigenvalue weighted by Crippen LogP contribution is -2.35. The molecule has 42 heavy (non-hydrogen) atoms. The quantitative estimate of drug-likeness (QED) is 0.173. The number of carbonyl (C=O) groups excluding carboxylic acids is 2. The first-order valence-electron chi connectivity index (χ1n) is 15.1. The number of benzene rings is 3. The fraction of sp³-hybridized carbons (Fsp3) is 0.471. The molecule has 2 aliphatic rings. The molecule has 0 saturated heterocycles. The van der Waals surface area contributed by atoms with Crippen LogP contribution in [0.15, 0.2) is 36.4 Å². The van der Waals surface area contributed by atoms with E-state index >= 15 is 0 Å². The zero-order chi connectivity index (χ0) is 30.0. The van der Waals surface area contributed by atoms with Gasteiger partial charge in [-0.05, 0) is 49.7 Å². The largest absolute Gasteiger partial charge is 0.481 e. The third-order valence-electron chi connectivity index (χ3n) is 9.18. The van der Waals surface area contributed by atoms with Crippen molar-refractivity contribution in [2.24, 2.45) is 23.7 Å². The van der Waals surface area contributed by atoms with E-state index in [1.54, 1.807) is 0 Å². The fourth-order valence-corrected chi connectivity index (χ4v) is 6.96. The molecule has 0 aliphatic heterocycles. The lowest BCUT2D eigenvalue weighted by Gasteiger charge is -2.28. The maximum atomic E-state index is 13.7. The van der Waals surface area contributed by atoms with Crippen LogP contribution in [0.5, 0.6) is 11.5 Å². The Hall–Kier alpha value is -3.94. The second kappa shape index (κ2) is 12.5. The van der Waals surface area contributed by atoms with E-state index in [0.29, 0.717) is 71.6 Å². The third kappa shape index (κ3) is 5.46. The van der Waals surface area contributed by atoms with Gasteiger partial charge in [0, 0.05) is 21.5 Å². The normalized spacial score (nSPS) is 22.5. The molecule has 4 atom stereocenters. The molecule has 8 nitrogen and oxygen atoms in total. The topological polar surface area (TPSA) is 127 Å². The highest BCUT2D eigenvalue weighted by atomic mass is 16.5. The molecule has 0 aromatic heterocycles. The minimum atomic E-state index is -0.987. The Morgan fingerprint density at radius 3 is 1.31 bits per heavy atom. The minimum Gasteiger partial charge on any atom is -0.481 e. The van der Waals surface area contributed by atoms with Crippen LogP contribution in [0, 0.1) is 23.7 Å². The number of aliphatic carboxylic acids is 2. The van der Waals surface area contributed by atoms with Crippen LogP contribution in [0.4, 0.5) is 0 Å². The van der Waals surface area contributed by atoms with E-state index < -0.39 is 47.5 Å². The van der Waals surface area contributed by atoms with E-state index in [1.807, 2.05) is 50.2 Å². The Morgan fingerprint density at radius 2 is 0.976 bits per heavy atom. The summed E-state index contributed by atoms with van der Waals surface area (Å²) in [6, 6.07) is 11.3. The number of carboxylic acids is 2. The Kier molecular flexibility index (Phi) is 8.80. The first kappa shape index (κ1) is 29.5. The summed E-state index contributed by atoms with van der Waals surface area (Å²) >= 11 is 0. The molecule has 0 radical (unpaired) electrons. The Labute approximate surface area is 245 Å². The molecular weight excluding hydrogens is 536 g/mol. The predicted octanol–water partition coefficient (Wildman–Crippen LogP) is 6.71. The van der Waals surface area contributed by atoms with Gasteiger partial charge in [0.2, 0.25) is 0 Å². The van der Waals surface area contributed by atoms with E-state index in [-0.39, 0.29) is 0 Å². The van der Waals surface area contributed by atoms with Crippen LogP contribution < -0.4 is 9.47 Å². The van der Waals surface area contributed by atoms with Crippen molar-refractivity contribution >= 4 is 45.4 Å². The first-order valence-corrected chi connectivity index (χ1v) is 15.1. The predicted molar refractivity (Wildman–Crippen MR) is 158 cm³/mol. The molecule has 3 aromatic carbocycles. The lowest BCUT2D eigenvalue weighted by molar-refractivity contribution is -0.154. The van der Waals surface area contributed by atoms with Crippen molar-refractivity contribution in [2.75, 3.05) is 0 Å². The molecule has 8 heteroatoms. The van der Waals surface area contributed by atoms with Crippen LogP contribution in [0.3, 0.4) is 0 Å². The highest BCUT2D eigenvalue weighted by molar-refractivity contribution is 6.15. The molecule has 2 N–H and O–H groups in total. The fourth-order valence-electron chi connectivity index (χ4n) is 6.96. The summed E-state index contributed by atoms with van der Waals surface area (Å²) in [5, 5.41) is 22.1. The van der Waals surface area contributed by atoms with Crippen LogP contribution in [-0.4, -0.2) is 34.1 Å². The van der Waals surface area contributed by atoms with Crippen LogP contribution in [0.25, 0.3) is 21.5 Å². The molecule has 0 spiro atoms. The zero-order valence-corrected chi connectivity index (χ0v) is 24.2. The highest BCUT2D eigenvalue weighted by Gasteiger charge is 2.39. The zero-order valence-electron chi connectivity index (χ0n) is 24.2. The number of fused-ring (bicyclic) bond motifs is 2. The van der Waals surface area contributed by atoms with Gasteiger partial charge in [0.15, 0.2) is 0 Å². The summed E-state index contributed by atoms with van der Waals surface area (Å²) in [6.07, 6.45) is 6.04. The third-order valence-corrected chi connectivity index (χ3v) is 9.18. The van der Waals surface area contributed by atoms with E-state index in [1.165, 1.54) is 0 Å². The average Bonchev–Trinajstić information content (AvgIpc) is 3.01. The van der Waals surface area contributed by atoms with E-state index in [9.17, 15) is 29.4 Å². The highest BCUT2D eigenvalue weighted by Crippen LogP contribution is 2.47. The monoisotopic (exact) mass is 574 g/mol. The van der Waals surface area contributed by atoms with Gasteiger partial charge >= 0.3 is 23.9 Å². The SMILES string of the molecule is CCc1cccc2c(OC(=O)C3CCCCC3C(=O)O)c3c(CC)cccc3c(OC(=O)C3CCCCC3C(=O)O)c12. The molecular formula is C34H38O8.